The van der Waals surface area contributed by atoms with E-state index in [-0.39, 0.29) is 5.75 Å². The summed E-state index contributed by atoms with van der Waals surface area (Å²) < 4.78 is 0. The predicted molar refractivity (Wildman–Crippen MR) is 67.5 cm³/mol. The second kappa shape index (κ2) is 8.69. The number of hydrogen-bond donors (Lipinski definition) is 7. The maximum atomic E-state index is 11.6. The molecule has 0 aromatic carbocycles. The van der Waals surface area contributed by atoms with E-state index >= 15 is 0 Å². The lowest BCUT2D eigenvalue weighted by atomic mass is 10.2. The Morgan fingerprint density at radius 3 is 1.95 bits per heavy atom. The van der Waals surface area contributed by atoms with Crippen molar-refractivity contribution >= 4 is 30.4 Å². The average Bonchev–Trinajstić information content (AvgIpc) is 2.39. The van der Waals surface area contributed by atoms with Gasteiger partial charge in [0.25, 0.3) is 0 Å². The molecular formula is C9H17N3O6S. The fraction of sp³-hybridized carbons (Fsp3) is 0.667. The van der Waals surface area contributed by atoms with Crippen LogP contribution >= 0.6 is 12.6 Å². The van der Waals surface area contributed by atoms with Gasteiger partial charge in [-0.1, -0.05) is 0 Å². The zero-order valence-electron chi connectivity index (χ0n) is 9.94. The van der Waals surface area contributed by atoms with E-state index in [1.807, 2.05) is 5.32 Å². The van der Waals surface area contributed by atoms with E-state index in [1.54, 1.807) is 0 Å². The van der Waals surface area contributed by atoms with Crippen LogP contribution < -0.4 is 16.4 Å². The third-order valence-corrected chi connectivity index (χ3v) is 2.51. The molecule has 3 atom stereocenters. The molecule has 0 aliphatic rings. The van der Waals surface area contributed by atoms with E-state index < -0.39 is 49.1 Å². The summed E-state index contributed by atoms with van der Waals surface area (Å²) >= 11 is 3.84. The van der Waals surface area contributed by atoms with Crippen LogP contribution in [0, 0.1) is 0 Å². The van der Waals surface area contributed by atoms with Crippen molar-refractivity contribution in [3.63, 3.8) is 0 Å². The van der Waals surface area contributed by atoms with Crippen LogP contribution in [0.5, 0.6) is 0 Å². The molecule has 0 aliphatic heterocycles. The van der Waals surface area contributed by atoms with E-state index in [2.05, 4.69) is 17.9 Å². The summed E-state index contributed by atoms with van der Waals surface area (Å²) in [4.78, 5) is 33.6. The minimum Gasteiger partial charge on any atom is -0.480 e. The van der Waals surface area contributed by atoms with Crippen molar-refractivity contribution in [3.05, 3.63) is 0 Å². The number of amides is 2. The minimum atomic E-state index is -1.47. The molecule has 0 saturated heterocycles. The molecule has 3 unspecified atom stereocenters. The van der Waals surface area contributed by atoms with Crippen molar-refractivity contribution in [2.24, 2.45) is 5.73 Å². The number of hydrogen-bond acceptors (Lipinski definition) is 7. The molecule has 0 aliphatic carbocycles. The fourth-order valence-corrected chi connectivity index (χ4v) is 1.27. The third-order valence-electron chi connectivity index (χ3n) is 2.15. The maximum absolute atomic E-state index is 11.6. The summed E-state index contributed by atoms with van der Waals surface area (Å²) in [7, 11) is 0. The van der Waals surface area contributed by atoms with Gasteiger partial charge < -0.3 is 31.7 Å². The number of carboxylic acid groups (broad SMARTS) is 1. The van der Waals surface area contributed by atoms with Gasteiger partial charge in [0.05, 0.1) is 13.2 Å². The van der Waals surface area contributed by atoms with Gasteiger partial charge in [0.1, 0.15) is 18.1 Å². The number of carbonyl (C=O) groups is 3. The zero-order valence-corrected chi connectivity index (χ0v) is 10.8. The molecule has 10 heteroatoms. The van der Waals surface area contributed by atoms with Crippen LogP contribution in [-0.2, 0) is 14.4 Å². The van der Waals surface area contributed by atoms with Gasteiger partial charge in [-0.05, 0) is 0 Å². The lowest BCUT2D eigenvalue weighted by molar-refractivity contribution is -0.143. The number of aliphatic hydroxyl groups excluding tert-OH is 2. The molecule has 19 heavy (non-hydrogen) atoms. The lowest BCUT2D eigenvalue weighted by Crippen LogP contribution is -2.56. The minimum absolute atomic E-state index is 0.104. The number of carbonyl (C=O) groups excluding carboxylic acids is 2. The van der Waals surface area contributed by atoms with E-state index in [9.17, 15) is 14.4 Å². The standard InChI is InChI=1S/C9H17N3O6S/c10-4(1-13)7(15)12-6(3-19)8(16)11-5(2-14)9(17)18/h4-6,13-14,19H,1-3,10H2,(H,11,16)(H,12,15)(H,17,18). The molecule has 0 spiro atoms. The molecule has 0 bridgehead atoms. The number of rotatable bonds is 8. The first-order valence-corrected chi connectivity index (χ1v) is 5.92. The molecule has 0 saturated carbocycles. The highest BCUT2D eigenvalue weighted by molar-refractivity contribution is 7.80. The first-order chi connectivity index (χ1) is 8.87. The number of nitrogens with one attached hydrogen (secondary N) is 2. The van der Waals surface area contributed by atoms with Crippen molar-refractivity contribution in [2.45, 2.75) is 18.1 Å². The number of aliphatic carboxylic acids is 1. The van der Waals surface area contributed by atoms with Crippen LogP contribution in [0.25, 0.3) is 0 Å². The molecule has 9 nitrogen and oxygen atoms in total. The highest BCUT2D eigenvalue weighted by atomic mass is 32.1. The Kier molecular flexibility index (Phi) is 8.07. The maximum Gasteiger partial charge on any atom is 0.328 e. The Morgan fingerprint density at radius 2 is 1.58 bits per heavy atom. The predicted octanol–water partition coefficient (Wildman–Crippen LogP) is -3.72. The van der Waals surface area contributed by atoms with Gasteiger partial charge >= 0.3 is 5.97 Å². The summed E-state index contributed by atoms with van der Waals surface area (Å²) in [5.41, 5.74) is 5.24. The van der Waals surface area contributed by atoms with Gasteiger partial charge in [0, 0.05) is 5.75 Å². The van der Waals surface area contributed by atoms with Gasteiger partial charge in [-0.3, -0.25) is 9.59 Å². The molecule has 0 aromatic heterocycles. The van der Waals surface area contributed by atoms with Crippen molar-refractivity contribution in [3.8, 4) is 0 Å². The van der Waals surface area contributed by atoms with Crippen molar-refractivity contribution in [1.82, 2.24) is 10.6 Å². The Hall–Kier alpha value is -1.36. The second-order valence-corrected chi connectivity index (χ2v) is 3.98. The van der Waals surface area contributed by atoms with Crippen LogP contribution in [0.1, 0.15) is 0 Å². The Balaban J connectivity index is 4.56. The van der Waals surface area contributed by atoms with Gasteiger partial charge in [-0.15, -0.1) is 0 Å². The van der Waals surface area contributed by atoms with Crippen molar-refractivity contribution in [2.75, 3.05) is 19.0 Å². The van der Waals surface area contributed by atoms with E-state index in [0.717, 1.165) is 0 Å². The Morgan fingerprint density at radius 1 is 1.05 bits per heavy atom. The number of aliphatic hydroxyl groups is 2. The molecule has 0 rings (SSSR count). The second-order valence-electron chi connectivity index (χ2n) is 3.61. The highest BCUT2D eigenvalue weighted by Gasteiger charge is 2.26. The molecule has 0 aromatic rings. The van der Waals surface area contributed by atoms with Crippen molar-refractivity contribution < 1.29 is 29.7 Å². The number of thiol groups is 1. The topological polar surface area (TPSA) is 162 Å². The summed E-state index contributed by atoms with van der Waals surface area (Å²) in [6, 6.07) is -3.79. The largest absolute Gasteiger partial charge is 0.480 e. The summed E-state index contributed by atoms with van der Waals surface area (Å²) in [5, 5.41) is 30.3. The van der Waals surface area contributed by atoms with Crippen LogP contribution in [0.3, 0.4) is 0 Å². The summed E-state index contributed by atoms with van der Waals surface area (Å²) in [5.74, 6) is -3.11. The monoisotopic (exact) mass is 295 g/mol. The van der Waals surface area contributed by atoms with E-state index in [4.69, 9.17) is 21.1 Å². The van der Waals surface area contributed by atoms with Crippen LogP contribution in [-0.4, -0.2) is 70.2 Å². The van der Waals surface area contributed by atoms with E-state index in [1.165, 1.54) is 0 Å². The molecular weight excluding hydrogens is 278 g/mol. The Bertz CT molecular complexity index is 340. The third kappa shape index (κ3) is 5.87. The van der Waals surface area contributed by atoms with Gasteiger partial charge in [0.15, 0.2) is 0 Å². The van der Waals surface area contributed by atoms with Crippen molar-refractivity contribution in [1.29, 1.82) is 0 Å². The lowest BCUT2D eigenvalue weighted by Gasteiger charge is -2.20. The molecule has 2 amide bonds. The molecule has 110 valence electrons. The fourth-order valence-electron chi connectivity index (χ4n) is 1.01. The first-order valence-electron chi connectivity index (χ1n) is 5.29. The zero-order chi connectivity index (χ0) is 15.0. The van der Waals surface area contributed by atoms with Gasteiger partial charge in [0.2, 0.25) is 11.8 Å². The molecule has 0 radical (unpaired) electrons. The quantitative estimate of drug-likeness (QED) is 0.226. The highest BCUT2D eigenvalue weighted by Crippen LogP contribution is 1.93. The SMILES string of the molecule is NC(CO)C(=O)NC(CS)C(=O)NC(CO)C(=O)O. The van der Waals surface area contributed by atoms with Crippen LogP contribution in [0.2, 0.25) is 0 Å². The molecule has 0 fully saturated rings. The number of nitrogens with two attached hydrogens (primary N) is 1. The smallest absolute Gasteiger partial charge is 0.328 e. The number of carboxylic acids is 1. The van der Waals surface area contributed by atoms with Gasteiger partial charge in [-0.25, -0.2) is 4.79 Å². The molecule has 7 N–H and O–H groups in total. The summed E-state index contributed by atoms with van der Waals surface area (Å²) in [6.45, 7) is -1.38. The van der Waals surface area contributed by atoms with E-state index in [0.29, 0.717) is 0 Å². The normalized spacial score (nSPS) is 15.2. The molecule has 0 heterocycles. The Labute approximate surface area is 114 Å². The average molecular weight is 295 g/mol. The van der Waals surface area contributed by atoms with Gasteiger partial charge in [-0.2, -0.15) is 12.6 Å². The van der Waals surface area contributed by atoms with Crippen LogP contribution in [0.4, 0.5) is 0 Å². The first kappa shape index (κ1) is 17.6. The van der Waals surface area contributed by atoms with Crippen LogP contribution in [0.15, 0.2) is 0 Å². The summed E-state index contributed by atoms with van der Waals surface area (Å²) in [6.07, 6.45) is 0.